The number of phenolic OH excluding ortho intramolecular Hbond substituents is 1. The van der Waals surface area contributed by atoms with E-state index < -0.39 is 146 Å². The smallest absolute Gasteiger partial charge is 0.248 e. The van der Waals surface area contributed by atoms with Crippen LogP contribution in [0.2, 0.25) is 0 Å². The number of aliphatic hydroxyl groups is 7. The number of aliphatic hydroxyl groups excluding tert-OH is 7. The molecule has 25 nitrogen and oxygen atoms in total. The summed E-state index contributed by atoms with van der Waals surface area (Å²) in [5.41, 5.74) is 11.5. The molecule has 25 heteroatoms. The van der Waals surface area contributed by atoms with Crippen LogP contribution in [0.1, 0.15) is 129 Å². The van der Waals surface area contributed by atoms with Crippen LogP contribution in [-0.2, 0) is 33.6 Å². The Hall–Kier alpha value is -5.09. The number of carbonyl (C=O) groups is 7. The topological polar surface area (TPSA) is 412 Å². The Morgan fingerprint density at radius 3 is 1.97 bits per heavy atom. The third-order valence-electron chi connectivity index (χ3n) is 14.9. The molecule has 77 heavy (non-hydrogen) atoms. The number of carbonyl (C=O) groups excluding carboxylic acids is 7. The van der Waals surface area contributed by atoms with Gasteiger partial charge in [-0.2, -0.15) is 0 Å². The monoisotopic (exact) mass is 1090 g/mol. The SMILES string of the molecule is CC[C@@H](C)C[C@@H](C)CCCCCCCCC(=O)N[C@H]1C[C@@H](O)[C@@H](NCCN)NC(=O)[C@@H]2[C@@H](O)CCN2C(=O)[C@@H]([C@@H](O)CCN)NC(=O)[C@H]([C@H](O)[C@@H](O)c2ccc(O)cc2)NC(=O)[C@@H]2C[C@@H](O)CN2C(=O)[C@H]([C@@H](C)O)NC1=O. The normalized spacial score (nSPS) is 28.6. The number of aromatic hydroxyl groups is 1. The molecule has 0 aromatic heterocycles. The molecule has 4 rings (SSSR count). The van der Waals surface area contributed by atoms with Gasteiger partial charge in [0.15, 0.2) is 0 Å². The quantitative estimate of drug-likeness (QED) is 0.0477. The summed E-state index contributed by atoms with van der Waals surface area (Å²) in [5.74, 6) is -6.43. The van der Waals surface area contributed by atoms with Crippen molar-refractivity contribution < 1.29 is 74.4 Å². The minimum Gasteiger partial charge on any atom is -0.508 e. The average Bonchev–Trinajstić information content (AvgIpc) is 3.99. The first-order valence-corrected chi connectivity index (χ1v) is 27.3. The zero-order valence-corrected chi connectivity index (χ0v) is 45.0. The summed E-state index contributed by atoms with van der Waals surface area (Å²) in [5, 5.41) is 104. The molecule has 0 aliphatic carbocycles. The minimum absolute atomic E-state index is 0.0257. The lowest BCUT2D eigenvalue weighted by Gasteiger charge is -2.35. The molecule has 1 aromatic rings. The number of fused-ring (bicyclic) bond motifs is 2. The first-order valence-electron chi connectivity index (χ1n) is 27.3. The second-order valence-electron chi connectivity index (χ2n) is 21.3. The van der Waals surface area contributed by atoms with Gasteiger partial charge in [0.1, 0.15) is 60.4 Å². The summed E-state index contributed by atoms with van der Waals surface area (Å²) in [7, 11) is 0. The van der Waals surface area contributed by atoms with Crippen LogP contribution >= 0.6 is 0 Å². The van der Waals surface area contributed by atoms with E-state index in [4.69, 9.17) is 11.5 Å². The molecule has 0 saturated carbocycles. The third-order valence-corrected chi connectivity index (χ3v) is 14.9. The Kier molecular flexibility index (Phi) is 26.4. The maximum absolute atomic E-state index is 14.6. The fourth-order valence-electron chi connectivity index (χ4n) is 10.2. The third kappa shape index (κ3) is 18.8. The summed E-state index contributed by atoms with van der Waals surface area (Å²) in [6, 6.07) is -6.40. The number of unbranched alkanes of at least 4 members (excludes halogenated alkanes) is 5. The van der Waals surface area contributed by atoms with Crippen LogP contribution in [0.3, 0.4) is 0 Å². The van der Waals surface area contributed by atoms with Crippen molar-refractivity contribution in [3.8, 4) is 5.75 Å². The van der Waals surface area contributed by atoms with Gasteiger partial charge in [0.25, 0.3) is 0 Å². The van der Waals surface area contributed by atoms with Crippen molar-refractivity contribution in [2.24, 2.45) is 23.3 Å². The molecule has 0 unspecified atom stereocenters. The van der Waals surface area contributed by atoms with Crippen LogP contribution in [-0.4, -0.2) is 204 Å². The lowest BCUT2D eigenvalue weighted by atomic mass is 9.91. The highest BCUT2D eigenvalue weighted by Gasteiger charge is 2.49. The number of rotatable bonds is 23. The van der Waals surface area contributed by atoms with Crippen LogP contribution in [0, 0.1) is 11.8 Å². The van der Waals surface area contributed by atoms with Gasteiger partial charge in [-0.1, -0.05) is 77.8 Å². The molecule has 3 heterocycles. The largest absolute Gasteiger partial charge is 0.508 e. The highest BCUT2D eigenvalue weighted by molar-refractivity contribution is 5.98. The lowest BCUT2D eigenvalue weighted by molar-refractivity contribution is -0.148. The van der Waals surface area contributed by atoms with Crippen LogP contribution in [0.4, 0.5) is 0 Å². The first-order chi connectivity index (χ1) is 36.5. The van der Waals surface area contributed by atoms with E-state index in [2.05, 4.69) is 52.7 Å². The van der Waals surface area contributed by atoms with Gasteiger partial charge in [-0.15, -0.1) is 0 Å². The van der Waals surface area contributed by atoms with E-state index in [1.54, 1.807) is 0 Å². The van der Waals surface area contributed by atoms with Crippen molar-refractivity contribution in [3.63, 3.8) is 0 Å². The highest BCUT2D eigenvalue weighted by atomic mass is 16.3. The van der Waals surface area contributed by atoms with Crippen LogP contribution in [0.5, 0.6) is 5.75 Å². The fourth-order valence-corrected chi connectivity index (χ4v) is 10.2. The van der Waals surface area contributed by atoms with Crippen LogP contribution in [0.15, 0.2) is 24.3 Å². The second-order valence-corrected chi connectivity index (χ2v) is 21.3. The molecule has 0 radical (unpaired) electrons. The summed E-state index contributed by atoms with van der Waals surface area (Å²) < 4.78 is 0. The average molecular weight is 1090 g/mol. The molecule has 18 N–H and O–H groups in total. The molecule has 436 valence electrons. The zero-order valence-electron chi connectivity index (χ0n) is 45.0. The fraction of sp³-hybridized carbons (Fsp3) is 0.750. The van der Waals surface area contributed by atoms with E-state index in [0.717, 1.165) is 55.2 Å². The van der Waals surface area contributed by atoms with Gasteiger partial charge in [0, 0.05) is 45.4 Å². The molecule has 16 atom stereocenters. The van der Waals surface area contributed by atoms with Crippen molar-refractivity contribution in [3.05, 3.63) is 29.8 Å². The molecule has 3 fully saturated rings. The van der Waals surface area contributed by atoms with E-state index in [1.165, 1.54) is 30.7 Å². The molecular weight excluding hydrogens is 1000 g/mol. The molecule has 3 aliphatic rings. The van der Waals surface area contributed by atoms with Gasteiger partial charge in [-0.05, 0) is 68.7 Å². The number of hydrogen-bond donors (Lipinski definition) is 16. The number of hydrogen-bond acceptors (Lipinski definition) is 18. The number of phenols is 1. The van der Waals surface area contributed by atoms with Crippen LogP contribution < -0.4 is 43.4 Å². The van der Waals surface area contributed by atoms with Crippen LogP contribution in [0.25, 0.3) is 0 Å². The Balaban J connectivity index is 1.73. The van der Waals surface area contributed by atoms with E-state index in [1.807, 2.05) is 0 Å². The van der Waals surface area contributed by atoms with Gasteiger partial charge in [-0.3, -0.25) is 38.9 Å². The Labute approximate surface area is 450 Å². The maximum Gasteiger partial charge on any atom is 0.248 e. The van der Waals surface area contributed by atoms with Crippen molar-refractivity contribution in [1.29, 1.82) is 0 Å². The van der Waals surface area contributed by atoms with E-state index in [-0.39, 0.29) is 56.8 Å². The Morgan fingerprint density at radius 2 is 1.34 bits per heavy atom. The second kappa shape index (κ2) is 31.5. The van der Waals surface area contributed by atoms with Gasteiger partial charge < -0.3 is 88.7 Å². The highest BCUT2D eigenvalue weighted by Crippen LogP contribution is 2.27. The molecular formula is C52H88N10O15. The van der Waals surface area contributed by atoms with Gasteiger partial charge in [0.2, 0.25) is 41.4 Å². The number of nitrogens with one attached hydrogen (secondary N) is 6. The minimum atomic E-state index is -2.28. The Bertz CT molecular complexity index is 2070. The lowest BCUT2D eigenvalue weighted by Crippen LogP contribution is -2.65. The molecule has 3 saturated heterocycles. The number of benzene rings is 1. The molecule has 0 bridgehead atoms. The number of amides is 7. The van der Waals surface area contributed by atoms with Gasteiger partial charge in [-0.25, -0.2) is 0 Å². The molecule has 1 aromatic carbocycles. The standard InChI is InChI=1S/C52H88N10O15/c1-5-28(2)24-29(3)12-10-8-6-7-9-11-13-39(69)56-34-26-38(68)46(55-22-21-54)60-50(75)43-37(67)19-23-61(43)52(77)41(36(66)18-20-53)58-49(74)42(45(71)44(70)31-14-16-32(64)17-15-31)59-48(73)35-25-33(65)27-62(35)51(76)40(30(4)63)57-47(34)72/h14-17,28-30,33-38,40-46,55,63-68,70-71H,5-13,18-27,53-54H2,1-4H3,(H,56,69)(H,57,72)(H,58,74)(H,59,73)(H,60,75)/t28-,29+,30-,33-,34+,35+,36+,37+,38-,40+,41-,42+,43+,44+,45+,46+/m1/s1. The van der Waals surface area contributed by atoms with Crippen molar-refractivity contribution in [2.75, 3.05) is 32.7 Å². The molecule has 7 amide bonds. The van der Waals surface area contributed by atoms with Crippen molar-refractivity contribution in [1.82, 2.24) is 41.7 Å². The van der Waals surface area contributed by atoms with E-state index in [9.17, 15) is 74.4 Å². The zero-order chi connectivity index (χ0) is 57.1. The first kappa shape index (κ1) is 64.4. The molecule has 0 spiro atoms. The maximum atomic E-state index is 14.6. The summed E-state index contributed by atoms with van der Waals surface area (Å²) in [6.07, 6.45) is -6.95. The van der Waals surface area contributed by atoms with Gasteiger partial charge >= 0.3 is 0 Å². The predicted molar refractivity (Wildman–Crippen MR) is 280 cm³/mol. The molecule has 3 aliphatic heterocycles. The predicted octanol–water partition coefficient (Wildman–Crippen LogP) is -3.31. The summed E-state index contributed by atoms with van der Waals surface area (Å²) >= 11 is 0. The van der Waals surface area contributed by atoms with Crippen molar-refractivity contribution >= 4 is 41.4 Å². The summed E-state index contributed by atoms with van der Waals surface area (Å²) in [4.78, 5) is 102. The van der Waals surface area contributed by atoms with E-state index in [0.29, 0.717) is 24.7 Å². The van der Waals surface area contributed by atoms with E-state index >= 15 is 0 Å². The number of nitrogens with zero attached hydrogens (tertiary/aromatic N) is 2. The van der Waals surface area contributed by atoms with Gasteiger partial charge in [0.05, 0.1) is 30.5 Å². The number of nitrogens with two attached hydrogens (primary N) is 2. The Morgan fingerprint density at radius 1 is 0.714 bits per heavy atom. The van der Waals surface area contributed by atoms with Crippen molar-refractivity contribution in [2.45, 2.75) is 203 Å². The summed E-state index contributed by atoms with van der Waals surface area (Å²) in [6.45, 7) is 6.73.